The number of aliphatic hydroxyl groups is 1. The molecule has 0 spiro atoms. The van der Waals surface area contributed by atoms with Gasteiger partial charge in [0.25, 0.3) is 0 Å². The number of fused-ring (bicyclic) bond motifs is 1. The summed E-state index contributed by atoms with van der Waals surface area (Å²) in [5, 5.41) is 8.82. The van der Waals surface area contributed by atoms with Crippen molar-refractivity contribution in [1.29, 1.82) is 0 Å². The molecule has 1 aromatic carbocycles. The maximum absolute atomic E-state index is 8.82. The first-order valence-corrected chi connectivity index (χ1v) is 5.90. The summed E-state index contributed by atoms with van der Waals surface area (Å²) in [4.78, 5) is 6.48. The lowest BCUT2D eigenvalue weighted by molar-refractivity contribution is 0.223. The lowest BCUT2D eigenvalue weighted by atomic mass is 10.1. The summed E-state index contributed by atoms with van der Waals surface area (Å²) in [7, 11) is 4.03. The predicted molar refractivity (Wildman–Crippen MR) is 69.0 cm³/mol. The maximum Gasteiger partial charge on any atom is 0.0955 e. The van der Waals surface area contributed by atoms with Crippen LogP contribution in [0.1, 0.15) is 5.56 Å². The smallest absolute Gasteiger partial charge is 0.0955 e. The van der Waals surface area contributed by atoms with E-state index in [0.717, 1.165) is 30.5 Å². The first-order chi connectivity index (χ1) is 8.20. The van der Waals surface area contributed by atoms with Crippen molar-refractivity contribution in [3.8, 4) is 0 Å². The van der Waals surface area contributed by atoms with E-state index in [9.17, 15) is 0 Å². The standard InChI is InChI=1S/C13H19N3O/c1-15(7-8-17)6-5-11-3-4-13-12(9-11)14-10-16(13)2/h3-4,9-10,17H,5-8H2,1-2H3. The van der Waals surface area contributed by atoms with Crippen molar-refractivity contribution in [3.63, 3.8) is 0 Å². The monoisotopic (exact) mass is 233 g/mol. The molecular formula is C13H19N3O. The van der Waals surface area contributed by atoms with Crippen LogP contribution in [0.3, 0.4) is 0 Å². The van der Waals surface area contributed by atoms with Crippen molar-refractivity contribution >= 4 is 11.0 Å². The minimum atomic E-state index is 0.218. The maximum atomic E-state index is 8.82. The molecule has 0 fully saturated rings. The number of benzene rings is 1. The zero-order chi connectivity index (χ0) is 12.3. The second-order valence-electron chi connectivity index (χ2n) is 4.46. The Hall–Kier alpha value is -1.39. The number of hydrogen-bond donors (Lipinski definition) is 1. The molecule has 0 unspecified atom stereocenters. The number of aryl methyl sites for hydroxylation is 1. The zero-order valence-corrected chi connectivity index (χ0v) is 10.4. The van der Waals surface area contributed by atoms with Crippen molar-refractivity contribution in [2.75, 3.05) is 26.7 Å². The van der Waals surface area contributed by atoms with E-state index in [0.29, 0.717) is 0 Å². The Kier molecular flexibility index (Phi) is 3.76. The Labute approximate surface area is 101 Å². The van der Waals surface area contributed by atoms with Gasteiger partial charge in [-0.1, -0.05) is 6.07 Å². The average molecular weight is 233 g/mol. The SMILES string of the molecule is CN(CCO)CCc1ccc2c(c1)ncn2C. The minimum Gasteiger partial charge on any atom is -0.395 e. The van der Waals surface area contributed by atoms with Gasteiger partial charge < -0.3 is 14.6 Å². The van der Waals surface area contributed by atoms with Gasteiger partial charge in [0.15, 0.2) is 0 Å². The van der Waals surface area contributed by atoms with Crippen LogP contribution in [-0.2, 0) is 13.5 Å². The van der Waals surface area contributed by atoms with Crippen molar-refractivity contribution in [3.05, 3.63) is 30.1 Å². The largest absolute Gasteiger partial charge is 0.395 e. The molecule has 0 bridgehead atoms. The summed E-state index contributed by atoms with van der Waals surface area (Å²) >= 11 is 0. The fraction of sp³-hybridized carbons (Fsp3) is 0.462. The quantitative estimate of drug-likeness (QED) is 0.839. The van der Waals surface area contributed by atoms with Gasteiger partial charge in [-0.3, -0.25) is 0 Å². The first-order valence-electron chi connectivity index (χ1n) is 5.90. The number of hydrogen-bond acceptors (Lipinski definition) is 3. The molecule has 0 saturated carbocycles. The molecule has 0 atom stereocenters. The third kappa shape index (κ3) is 2.84. The van der Waals surface area contributed by atoms with E-state index in [2.05, 4.69) is 28.1 Å². The number of aliphatic hydroxyl groups excluding tert-OH is 1. The molecule has 1 aromatic heterocycles. The van der Waals surface area contributed by atoms with E-state index >= 15 is 0 Å². The van der Waals surface area contributed by atoms with Gasteiger partial charge in [-0.15, -0.1) is 0 Å². The number of nitrogens with zero attached hydrogens (tertiary/aromatic N) is 3. The molecule has 4 heteroatoms. The van der Waals surface area contributed by atoms with Crippen LogP contribution in [0.25, 0.3) is 11.0 Å². The van der Waals surface area contributed by atoms with Crippen LogP contribution in [0.4, 0.5) is 0 Å². The number of imidazole rings is 1. The summed E-state index contributed by atoms with van der Waals surface area (Å²) in [6, 6.07) is 6.41. The average Bonchev–Trinajstić information content (AvgIpc) is 2.69. The van der Waals surface area contributed by atoms with Gasteiger partial charge in [0.05, 0.1) is 24.0 Å². The van der Waals surface area contributed by atoms with E-state index in [-0.39, 0.29) is 6.61 Å². The fourth-order valence-corrected chi connectivity index (χ4v) is 1.94. The van der Waals surface area contributed by atoms with Gasteiger partial charge in [-0.05, 0) is 31.2 Å². The van der Waals surface area contributed by atoms with E-state index in [4.69, 9.17) is 5.11 Å². The topological polar surface area (TPSA) is 41.3 Å². The fourth-order valence-electron chi connectivity index (χ4n) is 1.94. The second-order valence-corrected chi connectivity index (χ2v) is 4.46. The Morgan fingerprint density at radius 1 is 1.35 bits per heavy atom. The molecule has 0 saturated heterocycles. The highest BCUT2D eigenvalue weighted by molar-refractivity contribution is 5.75. The molecule has 2 rings (SSSR count). The van der Waals surface area contributed by atoms with Crippen LogP contribution in [0.2, 0.25) is 0 Å². The van der Waals surface area contributed by atoms with Gasteiger partial charge in [-0.25, -0.2) is 4.98 Å². The van der Waals surface area contributed by atoms with Crippen LogP contribution < -0.4 is 0 Å². The highest BCUT2D eigenvalue weighted by Crippen LogP contribution is 2.14. The van der Waals surface area contributed by atoms with Crippen molar-refractivity contribution in [1.82, 2.24) is 14.5 Å². The van der Waals surface area contributed by atoms with Gasteiger partial charge in [0, 0.05) is 20.1 Å². The van der Waals surface area contributed by atoms with E-state index in [1.165, 1.54) is 5.56 Å². The van der Waals surface area contributed by atoms with Crippen LogP contribution in [0.5, 0.6) is 0 Å². The molecule has 0 aliphatic heterocycles. The molecule has 0 radical (unpaired) electrons. The predicted octanol–water partition coefficient (Wildman–Crippen LogP) is 1.04. The van der Waals surface area contributed by atoms with Crippen molar-refractivity contribution < 1.29 is 5.11 Å². The lowest BCUT2D eigenvalue weighted by Gasteiger charge is -2.14. The van der Waals surface area contributed by atoms with Gasteiger partial charge in [-0.2, -0.15) is 0 Å². The van der Waals surface area contributed by atoms with Crippen molar-refractivity contribution in [2.45, 2.75) is 6.42 Å². The molecular weight excluding hydrogens is 214 g/mol. The van der Waals surface area contributed by atoms with Crippen LogP contribution >= 0.6 is 0 Å². The van der Waals surface area contributed by atoms with Gasteiger partial charge in [0.2, 0.25) is 0 Å². The Morgan fingerprint density at radius 3 is 2.94 bits per heavy atom. The van der Waals surface area contributed by atoms with E-state index in [1.54, 1.807) is 0 Å². The lowest BCUT2D eigenvalue weighted by Crippen LogP contribution is -2.24. The van der Waals surface area contributed by atoms with Crippen molar-refractivity contribution in [2.24, 2.45) is 7.05 Å². The zero-order valence-electron chi connectivity index (χ0n) is 10.4. The summed E-state index contributed by atoms with van der Waals surface area (Å²) in [6.07, 6.45) is 2.83. The molecule has 92 valence electrons. The van der Waals surface area contributed by atoms with Crippen LogP contribution in [-0.4, -0.2) is 46.3 Å². The molecule has 17 heavy (non-hydrogen) atoms. The number of rotatable bonds is 5. The highest BCUT2D eigenvalue weighted by atomic mass is 16.3. The summed E-state index contributed by atoms with van der Waals surface area (Å²) < 4.78 is 2.02. The van der Waals surface area contributed by atoms with E-state index in [1.807, 2.05) is 25.0 Å². The second kappa shape index (κ2) is 5.29. The summed E-state index contributed by atoms with van der Waals surface area (Å²) in [6.45, 7) is 1.90. The first kappa shape index (κ1) is 12.1. The number of aromatic nitrogens is 2. The molecule has 1 heterocycles. The van der Waals surface area contributed by atoms with Gasteiger partial charge in [0.1, 0.15) is 0 Å². The highest BCUT2D eigenvalue weighted by Gasteiger charge is 2.02. The molecule has 2 aromatic rings. The van der Waals surface area contributed by atoms with Gasteiger partial charge >= 0.3 is 0 Å². The molecule has 0 amide bonds. The normalized spacial score (nSPS) is 11.5. The third-order valence-corrected chi connectivity index (χ3v) is 3.05. The Bertz CT molecular complexity index is 492. The number of likely N-dealkylation sites (N-methyl/N-ethyl adjacent to an activating group) is 1. The Morgan fingerprint density at radius 2 is 2.18 bits per heavy atom. The van der Waals surface area contributed by atoms with Crippen LogP contribution in [0, 0.1) is 0 Å². The van der Waals surface area contributed by atoms with E-state index < -0.39 is 0 Å². The molecule has 4 nitrogen and oxygen atoms in total. The third-order valence-electron chi connectivity index (χ3n) is 3.05. The summed E-state index contributed by atoms with van der Waals surface area (Å²) in [5.41, 5.74) is 3.51. The minimum absolute atomic E-state index is 0.218. The summed E-state index contributed by atoms with van der Waals surface area (Å²) in [5.74, 6) is 0. The molecule has 1 N–H and O–H groups in total. The van der Waals surface area contributed by atoms with Crippen LogP contribution in [0.15, 0.2) is 24.5 Å². The Balaban J connectivity index is 2.04. The molecule has 0 aliphatic rings. The molecule has 0 aliphatic carbocycles.